The van der Waals surface area contributed by atoms with E-state index in [1.165, 1.54) is 4.90 Å². The summed E-state index contributed by atoms with van der Waals surface area (Å²) in [6, 6.07) is 9.30. The van der Waals surface area contributed by atoms with Crippen LogP contribution in [0.25, 0.3) is 0 Å². The highest BCUT2D eigenvalue weighted by Crippen LogP contribution is 2.20. The van der Waals surface area contributed by atoms with Gasteiger partial charge in [-0.05, 0) is 5.56 Å². The summed E-state index contributed by atoms with van der Waals surface area (Å²) >= 11 is 0. The molecule has 0 aliphatic rings. The Kier molecular flexibility index (Phi) is 4.74. The second-order valence-corrected chi connectivity index (χ2v) is 4.12. The summed E-state index contributed by atoms with van der Waals surface area (Å²) in [6.45, 7) is 2.14. The molecule has 2 unspecified atom stereocenters. The molecule has 1 rings (SSSR count). The van der Waals surface area contributed by atoms with Crippen LogP contribution in [-0.4, -0.2) is 24.4 Å². The van der Waals surface area contributed by atoms with Gasteiger partial charge in [-0.25, -0.2) is 0 Å². The molecule has 3 nitrogen and oxygen atoms in total. The van der Waals surface area contributed by atoms with Crippen LogP contribution in [-0.2, 0) is 4.79 Å². The molecule has 0 fully saturated rings. The minimum absolute atomic E-state index is 0.0284. The fourth-order valence-corrected chi connectivity index (χ4v) is 1.68. The van der Waals surface area contributed by atoms with Gasteiger partial charge in [-0.1, -0.05) is 43.2 Å². The Balaban J connectivity index is 2.74. The van der Waals surface area contributed by atoms with Crippen molar-refractivity contribution in [2.45, 2.75) is 13.0 Å². The van der Waals surface area contributed by atoms with Gasteiger partial charge in [-0.3, -0.25) is 4.79 Å². The smallest absolute Gasteiger partial charge is 0.227 e. The summed E-state index contributed by atoms with van der Waals surface area (Å²) in [7, 11) is 1.69. The molecule has 0 aromatic heterocycles. The molecule has 0 saturated carbocycles. The maximum Gasteiger partial charge on any atom is 0.227 e. The monoisotopic (exact) mass is 230 g/mol. The van der Waals surface area contributed by atoms with Crippen molar-refractivity contribution in [2.75, 3.05) is 13.6 Å². The van der Waals surface area contributed by atoms with Crippen LogP contribution in [0.3, 0.4) is 0 Å². The van der Waals surface area contributed by atoms with Crippen LogP contribution < -0.4 is 5.73 Å². The molecule has 17 heavy (non-hydrogen) atoms. The third kappa shape index (κ3) is 3.33. The van der Waals surface area contributed by atoms with Gasteiger partial charge in [-0.2, -0.15) is 0 Å². The maximum atomic E-state index is 12.0. The first-order chi connectivity index (χ1) is 8.07. The van der Waals surface area contributed by atoms with E-state index in [2.05, 4.69) is 5.92 Å². The first kappa shape index (κ1) is 13.3. The van der Waals surface area contributed by atoms with Crippen molar-refractivity contribution in [3.8, 4) is 12.3 Å². The van der Waals surface area contributed by atoms with Crippen molar-refractivity contribution in [1.82, 2.24) is 4.90 Å². The Labute approximate surface area is 103 Å². The highest BCUT2D eigenvalue weighted by molar-refractivity contribution is 5.79. The Hall–Kier alpha value is -1.79. The molecule has 2 atom stereocenters. The average Bonchev–Trinajstić information content (AvgIpc) is 2.37. The first-order valence-electron chi connectivity index (χ1n) is 5.57. The van der Waals surface area contributed by atoms with Crippen molar-refractivity contribution in [2.24, 2.45) is 11.7 Å². The van der Waals surface area contributed by atoms with E-state index in [1.807, 2.05) is 37.3 Å². The van der Waals surface area contributed by atoms with Gasteiger partial charge in [0.15, 0.2) is 0 Å². The van der Waals surface area contributed by atoms with Gasteiger partial charge in [0.25, 0.3) is 0 Å². The Morgan fingerprint density at radius 3 is 2.59 bits per heavy atom. The quantitative estimate of drug-likeness (QED) is 0.795. The highest BCUT2D eigenvalue weighted by Gasteiger charge is 2.24. The minimum atomic E-state index is -0.302. The lowest BCUT2D eigenvalue weighted by Crippen LogP contribution is -2.37. The SMILES string of the molecule is C#CCN(C)C(=O)C(C)C(N)c1ccccc1. The topological polar surface area (TPSA) is 46.3 Å². The normalized spacial score (nSPS) is 13.5. The van der Waals surface area contributed by atoms with E-state index in [-0.39, 0.29) is 17.9 Å². The zero-order chi connectivity index (χ0) is 12.8. The minimum Gasteiger partial charge on any atom is -0.334 e. The third-order valence-electron chi connectivity index (χ3n) is 2.82. The summed E-state index contributed by atoms with van der Waals surface area (Å²) in [5.41, 5.74) is 7.03. The van der Waals surface area contributed by atoms with Gasteiger partial charge in [0, 0.05) is 13.1 Å². The standard InChI is InChI=1S/C14H18N2O/c1-4-10-16(3)14(17)11(2)13(15)12-8-6-5-7-9-12/h1,5-9,11,13H,10,15H2,2-3H3. The number of amides is 1. The summed E-state index contributed by atoms with van der Waals surface area (Å²) in [4.78, 5) is 13.5. The molecule has 2 N–H and O–H groups in total. The molecule has 0 radical (unpaired) electrons. The van der Waals surface area contributed by atoms with E-state index in [1.54, 1.807) is 7.05 Å². The molecule has 0 aliphatic carbocycles. The lowest BCUT2D eigenvalue weighted by atomic mass is 9.94. The van der Waals surface area contributed by atoms with Crippen LogP contribution in [0, 0.1) is 18.3 Å². The lowest BCUT2D eigenvalue weighted by molar-refractivity contribution is -0.133. The van der Waals surface area contributed by atoms with Gasteiger partial charge >= 0.3 is 0 Å². The Morgan fingerprint density at radius 1 is 1.47 bits per heavy atom. The second-order valence-electron chi connectivity index (χ2n) is 4.12. The summed E-state index contributed by atoms with van der Waals surface area (Å²) in [6.07, 6.45) is 5.18. The molecule has 1 aromatic rings. The molecule has 3 heteroatoms. The number of rotatable bonds is 4. The van der Waals surface area contributed by atoms with Crippen molar-refractivity contribution in [3.63, 3.8) is 0 Å². The van der Waals surface area contributed by atoms with Gasteiger partial charge in [0.2, 0.25) is 5.91 Å². The van der Waals surface area contributed by atoms with E-state index in [0.29, 0.717) is 6.54 Å². The summed E-state index contributed by atoms with van der Waals surface area (Å²) in [5.74, 6) is 2.14. The number of hydrogen-bond acceptors (Lipinski definition) is 2. The number of carbonyl (C=O) groups excluding carboxylic acids is 1. The van der Waals surface area contributed by atoms with E-state index in [4.69, 9.17) is 12.2 Å². The average molecular weight is 230 g/mol. The molecular formula is C14H18N2O. The van der Waals surface area contributed by atoms with Crippen LogP contribution in [0.1, 0.15) is 18.5 Å². The summed E-state index contributed by atoms with van der Waals surface area (Å²) in [5, 5.41) is 0. The predicted octanol–water partition coefficient (Wildman–Crippen LogP) is 1.41. The van der Waals surface area contributed by atoms with Crippen molar-refractivity contribution in [1.29, 1.82) is 0 Å². The fraction of sp³-hybridized carbons (Fsp3) is 0.357. The highest BCUT2D eigenvalue weighted by atomic mass is 16.2. The molecule has 90 valence electrons. The van der Waals surface area contributed by atoms with E-state index in [0.717, 1.165) is 5.56 Å². The third-order valence-corrected chi connectivity index (χ3v) is 2.82. The predicted molar refractivity (Wildman–Crippen MR) is 69.0 cm³/mol. The van der Waals surface area contributed by atoms with Crippen LogP contribution in [0.15, 0.2) is 30.3 Å². The molecule has 1 amide bonds. The number of hydrogen-bond donors (Lipinski definition) is 1. The second kappa shape index (κ2) is 6.07. The zero-order valence-corrected chi connectivity index (χ0v) is 10.3. The first-order valence-corrected chi connectivity index (χ1v) is 5.57. The number of nitrogens with two attached hydrogens (primary N) is 1. The van der Waals surface area contributed by atoms with Gasteiger partial charge in [0.1, 0.15) is 0 Å². The number of terminal acetylenes is 1. The van der Waals surface area contributed by atoms with Crippen LogP contribution in [0.5, 0.6) is 0 Å². The molecule has 0 aliphatic heterocycles. The number of nitrogens with zero attached hydrogens (tertiary/aromatic N) is 1. The lowest BCUT2D eigenvalue weighted by Gasteiger charge is -2.24. The summed E-state index contributed by atoms with van der Waals surface area (Å²) < 4.78 is 0. The van der Waals surface area contributed by atoms with Crippen LogP contribution in [0.2, 0.25) is 0 Å². The fourth-order valence-electron chi connectivity index (χ4n) is 1.68. The van der Waals surface area contributed by atoms with E-state index < -0.39 is 0 Å². The molecule has 0 saturated heterocycles. The van der Waals surface area contributed by atoms with Crippen molar-refractivity contribution in [3.05, 3.63) is 35.9 Å². The maximum absolute atomic E-state index is 12.0. The Bertz CT molecular complexity index is 408. The molecule has 0 spiro atoms. The molecule has 0 heterocycles. The van der Waals surface area contributed by atoms with Gasteiger partial charge < -0.3 is 10.6 Å². The van der Waals surface area contributed by atoms with Gasteiger partial charge in [0.05, 0.1) is 12.5 Å². The van der Waals surface area contributed by atoms with Crippen LogP contribution >= 0.6 is 0 Å². The molecule has 0 bridgehead atoms. The van der Waals surface area contributed by atoms with E-state index >= 15 is 0 Å². The molecule has 1 aromatic carbocycles. The number of carbonyl (C=O) groups is 1. The van der Waals surface area contributed by atoms with E-state index in [9.17, 15) is 4.79 Å². The zero-order valence-electron chi connectivity index (χ0n) is 10.3. The van der Waals surface area contributed by atoms with Crippen LogP contribution in [0.4, 0.5) is 0 Å². The molecular weight excluding hydrogens is 212 g/mol. The van der Waals surface area contributed by atoms with Crippen molar-refractivity contribution >= 4 is 5.91 Å². The Morgan fingerprint density at radius 2 is 2.06 bits per heavy atom. The number of benzene rings is 1. The van der Waals surface area contributed by atoms with Crippen molar-refractivity contribution < 1.29 is 4.79 Å². The largest absolute Gasteiger partial charge is 0.334 e. The van der Waals surface area contributed by atoms with Gasteiger partial charge in [-0.15, -0.1) is 6.42 Å².